The van der Waals surface area contributed by atoms with Gasteiger partial charge in [0.15, 0.2) is 0 Å². The molecule has 0 rings (SSSR count). The molecule has 0 aliphatic carbocycles. The van der Waals surface area contributed by atoms with Gasteiger partial charge in [0.2, 0.25) is 11.8 Å². The highest BCUT2D eigenvalue weighted by Gasteiger charge is 2.23. The predicted octanol–water partition coefficient (Wildman–Crippen LogP) is -0.638. The van der Waals surface area contributed by atoms with Gasteiger partial charge in [-0.15, -0.1) is 0 Å². The number of carbonyl (C=O) groups excluding carboxylic acids is 2. The smallest absolute Gasteiger partial charge is 0.236 e. The fourth-order valence-corrected chi connectivity index (χ4v) is 3.45. The van der Waals surface area contributed by atoms with Gasteiger partial charge in [0.05, 0.1) is 13.2 Å². The van der Waals surface area contributed by atoms with Crippen LogP contribution in [0.25, 0.3) is 0 Å². The molecule has 0 saturated heterocycles. The Morgan fingerprint density at radius 3 is 1.50 bits per heavy atom. The molecule has 8 heteroatoms. The molecule has 0 heterocycles. The maximum Gasteiger partial charge on any atom is 0.236 e. The summed E-state index contributed by atoms with van der Waals surface area (Å²) in [5, 5.41) is 22.1. The van der Waals surface area contributed by atoms with Crippen molar-refractivity contribution in [1.29, 1.82) is 0 Å². The Balaban J connectivity index is 4.23. The minimum absolute atomic E-state index is 0.273. The molecule has 106 valence electrons. The molecule has 0 aromatic carbocycles. The lowest BCUT2D eigenvalue weighted by Crippen LogP contribution is -2.36. The summed E-state index contributed by atoms with van der Waals surface area (Å²) < 4.78 is 0. The van der Waals surface area contributed by atoms with Crippen LogP contribution in [0.4, 0.5) is 0 Å². The van der Waals surface area contributed by atoms with Crippen molar-refractivity contribution in [1.82, 2.24) is 10.6 Å². The van der Waals surface area contributed by atoms with Gasteiger partial charge in [-0.2, -0.15) is 0 Å². The zero-order valence-electron chi connectivity index (χ0n) is 10.5. The summed E-state index contributed by atoms with van der Waals surface area (Å²) in [5.41, 5.74) is 0. The number of aliphatic hydroxyl groups excluding tert-OH is 2. The molecule has 6 nitrogen and oxygen atoms in total. The molecule has 0 aromatic heterocycles. The summed E-state index contributed by atoms with van der Waals surface area (Å²) in [6.45, 7) is 3.93. The van der Waals surface area contributed by atoms with E-state index in [1.54, 1.807) is 13.8 Å². The van der Waals surface area contributed by atoms with E-state index in [0.717, 1.165) is 21.6 Å². The molecule has 0 radical (unpaired) electrons. The summed E-state index contributed by atoms with van der Waals surface area (Å²) >= 11 is 0. The van der Waals surface area contributed by atoms with E-state index in [1.165, 1.54) is 0 Å². The van der Waals surface area contributed by atoms with Crippen LogP contribution in [0.3, 0.4) is 0 Å². The van der Waals surface area contributed by atoms with Crippen LogP contribution in [0.2, 0.25) is 0 Å². The number of rotatable bonds is 9. The van der Waals surface area contributed by atoms with Crippen molar-refractivity contribution in [3.05, 3.63) is 0 Å². The van der Waals surface area contributed by atoms with Crippen LogP contribution >= 0.6 is 21.6 Å². The van der Waals surface area contributed by atoms with Gasteiger partial charge in [-0.05, 0) is 13.8 Å². The minimum atomic E-state index is -0.640. The van der Waals surface area contributed by atoms with E-state index in [-0.39, 0.29) is 25.0 Å². The summed E-state index contributed by atoms with van der Waals surface area (Å²) in [6, 6.07) is 0. The number of nitrogens with one attached hydrogen (secondary N) is 2. The van der Waals surface area contributed by atoms with Gasteiger partial charge in [-0.3, -0.25) is 9.59 Å². The Labute approximate surface area is 115 Å². The van der Waals surface area contributed by atoms with Crippen LogP contribution in [0.5, 0.6) is 0 Å². The number of aliphatic hydroxyl groups is 2. The van der Waals surface area contributed by atoms with E-state index < -0.39 is 10.5 Å². The third kappa shape index (κ3) is 6.48. The van der Waals surface area contributed by atoms with Gasteiger partial charge in [-0.25, -0.2) is 0 Å². The zero-order chi connectivity index (χ0) is 14.0. The van der Waals surface area contributed by atoms with E-state index in [2.05, 4.69) is 10.6 Å². The van der Waals surface area contributed by atoms with Crippen LogP contribution in [0.1, 0.15) is 13.8 Å². The first kappa shape index (κ1) is 17.6. The molecule has 4 N–H and O–H groups in total. The van der Waals surface area contributed by atoms with Crippen LogP contribution < -0.4 is 10.6 Å². The van der Waals surface area contributed by atoms with E-state index in [9.17, 15) is 9.59 Å². The van der Waals surface area contributed by atoms with Crippen molar-refractivity contribution in [3.8, 4) is 0 Å². The first-order valence-corrected chi connectivity index (χ1v) is 7.97. The van der Waals surface area contributed by atoms with Crippen LogP contribution in [-0.2, 0) is 9.59 Å². The highest BCUT2D eigenvalue weighted by Crippen LogP contribution is 2.31. The number of hydrogen-bond donors (Lipinski definition) is 4. The fraction of sp³-hybridized carbons (Fsp3) is 0.800. The zero-order valence-corrected chi connectivity index (χ0v) is 12.1. The van der Waals surface area contributed by atoms with Crippen LogP contribution in [0.15, 0.2) is 0 Å². The largest absolute Gasteiger partial charge is 0.395 e. The average molecular weight is 296 g/mol. The van der Waals surface area contributed by atoms with Gasteiger partial charge in [0, 0.05) is 13.1 Å². The lowest BCUT2D eigenvalue weighted by molar-refractivity contribution is -0.122. The molecular weight excluding hydrogens is 276 g/mol. The second-order valence-electron chi connectivity index (χ2n) is 3.32. The molecule has 0 bridgehead atoms. The van der Waals surface area contributed by atoms with Crippen molar-refractivity contribution >= 4 is 33.4 Å². The summed E-state index contributed by atoms with van der Waals surface area (Å²) in [4.78, 5) is 23.0. The molecule has 18 heavy (non-hydrogen) atoms. The number of hydrogen-bond acceptors (Lipinski definition) is 6. The molecule has 2 unspecified atom stereocenters. The highest BCUT2D eigenvalue weighted by molar-refractivity contribution is 8.77. The SMILES string of the molecule is CCNC(=O)C(CO)SSC(CO)C(=O)NCC. The Hall–Kier alpha value is -0.440. The van der Waals surface area contributed by atoms with Gasteiger partial charge in [0.1, 0.15) is 10.5 Å². The summed E-state index contributed by atoms with van der Waals surface area (Å²) in [5.74, 6) is -0.546. The lowest BCUT2D eigenvalue weighted by Gasteiger charge is -2.16. The number of amides is 2. The van der Waals surface area contributed by atoms with Gasteiger partial charge in [-0.1, -0.05) is 21.6 Å². The van der Waals surface area contributed by atoms with Gasteiger partial charge < -0.3 is 20.8 Å². The second-order valence-corrected chi connectivity index (χ2v) is 6.00. The molecule has 2 amide bonds. The first-order chi connectivity index (χ1) is 8.60. The Kier molecular flexibility index (Phi) is 10.2. The van der Waals surface area contributed by atoms with Crippen molar-refractivity contribution in [2.24, 2.45) is 0 Å². The molecule has 0 fully saturated rings. The van der Waals surface area contributed by atoms with Crippen molar-refractivity contribution in [2.45, 2.75) is 24.3 Å². The van der Waals surface area contributed by atoms with E-state index in [0.29, 0.717) is 13.1 Å². The molecule has 0 aliphatic rings. The van der Waals surface area contributed by atoms with Crippen molar-refractivity contribution in [3.63, 3.8) is 0 Å². The molecule has 0 saturated carbocycles. The fourth-order valence-electron chi connectivity index (χ4n) is 1.02. The summed E-state index contributed by atoms with van der Waals surface area (Å²) in [6.07, 6.45) is 0. The maximum absolute atomic E-state index is 11.5. The van der Waals surface area contributed by atoms with Crippen molar-refractivity contribution in [2.75, 3.05) is 26.3 Å². The average Bonchev–Trinajstić information content (AvgIpc) is 2.35. The van der Waals surface area contributed by atoms with E-state index in [1.807, 2.05) is 0 Å². The molecule has 2 atom stereocenters. The van der Waals surface area contributed by atoms with Gasteiger partial charge >= 0.3 is 0 Å². The normalized spacial score (nSPS) is 13.8. The predicted molar refractivity (Wildman–Crippen MR) is 74.3 cm³/mol. The molecule has 0 spiro atoms. The Morgan fingerprint density at radius 1 is 0.944 bits per heavy atom. The monoisotopic (exact) mass is 296 g/mol. The standard InChI is InChI=1S/C10H20N2O4S2/c1-3-11-9(15)7(5-13)17-18-8(6-14)10(16)12-4-2/h7-8,13-14H,3-6H2,1-2H3,(H,11,15)(H,12,16). The maximum atomic E-state index is 11.5. The lowest BCUT2D eigenvalue weighted by atomic mass is 10.4. The highest BCUT2D eigenvalue weighted by atomic mass is 33.1. The quantitative estimate of drug-likeness (QED) is 0.423. The molecular formula is C10H20N2O4S2. The van der Waals surface area contributed by atoms with E-state index in [4.69, 9.17) is 10.2 Å². The Morgan fingerprint density at radius 2 is 1.28 bits per heavy atom. The second kappa shape index (κ2) is 10.5. The summed E-state index contributed by atoms with van der Waals surface area (Å²) in [7, 11) is 2.18. The molecule has 0 aromatic rings. The third-order valence-corrected chi connectivity index (χ3v) is 4.94. The van der Waals surface area contributed by atoms with Crippen LogP contribution in [0, 0.1) is 0 Å². The number of carbonyl (C=O) groups is 2. The topological polar surface area (TPSA) is 98.7 Å². The van der Waals surface area contributed by atoms with Gasteiger partial charge in [0.25, 0.3) is 0 Å². The minimum Gasteiger partial charge on any atom is -0.395 e. The van der Waals surface area contributed by atoms with Crippen LogP contribution in [-0.4, -0.2) is 58.8 Å². The Bertz CT molecular complexity index is 240. The first-order valence-electron chi connectivity index (χ1n) is 5.69. The molecule has 0 aliphatic heterocycles. The van der Waals surface area contributed by atoms with E-state index >= 15 is 0 Å². The third-order valence-electron chi connectivity index (χ3n) is 1.91. The van der Waals surface area contributed by atoms with Crippen molar-refractivity contribution < 1.29 is 19.8 Å².